The molecular weight excluding hydrogens is 192 g/mol. The van der Waals surface area contributed by atoms with E-state index in [0.717, 1.165) is 16.8 Å². The van der Waals surface area contributed by atoms with E-state index in [4.69, 9.17) is 4.74 Å². The number of nitrogens with two attached hydrogens (primary N) is 1. The second-order valence-corrected chi connectivity index (χ2v) is 3.56. The van der Waals surface area contributed by atoms with E-state index in [1.807, 2.05) is 31.5 Å². The number of methoxy groups -OCH3 is 1. The van der Waals surface area contributed by atoms with Crippen LogP contribution in [0.15, 0.2) is 47.5 Å². The highest BCUT2D eigenvalue weighted by atomic mass is 16.5. The molecular formula is C11H15N2O2+. The van der Waals surface area contributed by atoms with E-state index in [0.29, 0.717) is 5.76 Å². The minimum atomic E-state index is 0.229. The number of quaternary nitrogens is 1. The maximum Gasteiger partial charge on any atom is 0.211 e. The fraction of sp³-hybridized carbons (Fsp3) is 0.273. The number of ether oxygens (including phenoxy) is 1. The van der Waals surface area contributed by atoms with Crippen molar-refractivity contribution in [3.63, 3.8) is 0 Å². The molecule has 4 nitrogen and oxygen atoms in total. The highest BCUT2D eigenvalue weighted by Crippen LogP contribution is 2.22. The van der Waals surface area contributed by atoms with Crippen LogP contribution in [0.3, 0.4) is 0 Å². The van der Waals surface area contributed by atoms with Gasteiger partial charge in [-0.15, -0.1) is 0 Å². The van der Waals surface area contributed by atoms with E-state index in [2.05, 4.69) is 11.0 Å². The molecule has 1 unspecified atom stereocenters. The molecule has 1 heterocycles. The standard InChI is InChI=1S/C11H14N2O2/c1-13-6-5-8-7-9(13)3-4-10(15-2)11(8)12-14/h3-7,9,12,14H,1-2H3/p+1. The van der Waals surface area contributed by atoms with Crippen molar-refractivity contribution in [1.29, 1.82) is 0 Å². The number of hydrogen-bond acceptors (Lipinski definition) is 3. The topological polar surface area (TPSA) is 49.3 Å². The third-order valence-corrected chi connectivity index (χ3v) is 2.68. The number of hydroxylamine groups is 1. The van der Waals surface area contributed by atoms with Crippen LogP contribution in [-0.2, 0) is 4.74 Å². The predicted molar refractivity (Wildman–Crippen MR) is 55.7 cm³/mol. The Balaban J connectivity index is 2.45. The summed E-state index contributed by atoms with van der Waals surface area (Å²) in [6.07, 6.45) is 9.97. The molecule has 0 radical (unpaired) electrons. The Morgan fingerprint density at radius 2 is 2.27 bits per heavy atom. The minimum Gasteiger partial charge on any atom is -0.491 e. The summed E-state index contributed by atoms with van der Waals surface area (Å²) in [6, 6.07) is 0.229. The lowest BCUT2D eigenvalue weighted by molar-refractivity contribution is -0.849. The molecule has 1 atom stereocenters. The third kappa shape index (κ3) is 1.69. The number of likely N-dealkylation sites (N-methyl/N-ethyl adjacent to an activating group) is 1. The number of allylic oxidation sites excluding steroid dienone is 2. The van der Waals surface area contributed by atoms with Crippen molar-refractivity contribution >= 4 is 0 Å². The number of fused-ring (bicyclic) bond motifs is 1. The van der Waals surface area contributed by atoms with Gasteiger partial charge in [0, 0.05) is 18.8 Å². The quantitative estimate of drug-likeness (QED) is 0.632. The van der Waals surface area contributed by atoms with E-state index in [-0.39, 0.29) is 6.04 Å². The van der Waals surface area contributed by atoms with E-state index in [9.17, 15) is 5.21 Å². The van der Waals surface area contributed by atoms with Crippen LogP contribution in [0.5, 0.6) is 0 Å². The molecule has 80 valence electrons. The second kappa shape index (κ2) is 3.92. The Morgan fingerprint density at radius 3 is 2.93 bits per heavy atom. The lowest BCUT2D eigenvalue weighted by Crippen LogP contribution is -2.79. The maximum absolute atomic E-state index is 9.21. The summed E-state index contributed by atoms with van der Waals surface area (Å²) >= 11 is 0. The second-order valence-electron chi connectivity index (χ2n) is 3.56. The molecule has 1 aliphatic carbocycles. The van der Waals surface area contributed by atoms with Crippen molar-refractivity contribution in [1.82, 2.24) is 4.90 Å². The zero-order chi connectivity index (χ0) is 10.8. The van der Waals surface area contributed by atoms with Gasteiger partial charge in [-0.1, -0.05) is 6.08 Å². The Morgan fingerprint density at radius 1 is 1.47 bits per heavy atom. The van der Waals surface area contributed by atoms with Gasteiger partial charge >= 0.3 is 0 Å². The van der Waals surface area contributed by atoms with Gasteiger partial charge in [0.25, 0.3) is 0 Å². The summed E-state index contributed by atoms with van der Waals surface area (Å²) in [4.78, 5) is 2.09. The van der Waals surface area contributed by atoms with Crippen LogP contribution >= 0.6 is 0 Å². The number of hydrogen-bond donors (Lipinski definition) is 2. The molecule has 0 aromatic rings. The zero-order valence-corrected chi connectivity index (χ0v) is 8.84. The van der Waals surface area contributed by atoms with Gasteiger partial charge in [-0.2, -0.15) is 5.48 Å². The van der Waals surface area contributed by atoms with Crippen LogP contribution in [0.1, 0.15) is 0 Å². The molecule has 0 aromatic carbocycles. The molecule has 2 rings (SSSR count). The molecule has 15 heavy (non-hydrogen) atoms. The number of nitrogens with zero attached hydrogens (tertiary/aromatic N) is 1. The largest absolute Gasteiger partial charge is 0.491 e. The predicted octanol–water partition coefficient (Wildman–Crippen LogP) is 0.121. The van der Waals surface area contributed by atoms with E-state index < -0.39 is 0 Å². The van der Waals surface area contributed by atoms with Crippen LogP contribution in [0.4, 0.5) is 0 Å². The first-order valence-corrected chi connectivity index (χ1v) is 4.82. The molecule has 0 saturated carbocycles. The molecule has 0 amide bonds. The monoisotopic (exact) mass is 207 g/mol. The summed E-state index contributed by atoms with van der Waals surface area (Å²) < 4.78 is 5.23. The number of rotatable bonds is 2. The Labute approximate surface area is 88.8 Å². The molecule has 4 heteroatoms. The molecule has 2 aliphatic rings. The van der Waals surface area contributed by atoms with Crippen LogP contribution in [-0.4, -0.2) is 30.3 Å². The zero-order valence-electron chi connectivity index (χ0n) is 8.84. The van der Waals surface area contributed by atoms with Gasteiger partial charge in [0.05, 0.1) is 13.2 Å². The first kappa shape index (κ1) is 10.0. The highest BCUT2D eigenvalue weighted by Gasteiger charge is 2.22. The van der Waals surface area contributed by atoms with Crippen molar-refractivity contribution in [2.75, 3.05) is 14.2 Å². The van der Waals surface area contributed by atoms with Crippen molar-refractivity contribution in [2.24, 2.45) is 0 Å². The summed E-state index contributed by atoms with van der Waals surface area (Å²) in [5.74, 6) is 0.686. The third-order valence-electron chi connectivity index (χ3n) is 2.68. The summed E-state index contributed by atoms with van der Waals surface area (Å²) in [6.45, 7) is 0. The highest BCUT2D eigenvalue weighted by molar-refractivity contribution is 5.45. The van der Waals surface area contributed by atoms with Gasteiger partial charge in [0.15, 0.2) is 5.76 Å². The van der Waals surface area contributed by atoms with Crippen LogP contribution in [0, 0.1) is 0 Å². The first-order chi connectivity index (χ1) is 7.26. The fourth-order valence-corrected chi connectivity index (χ4v) is 1.76. The van der Waals surface area contributed by atoms with E-state index in [1.54, 1.807) is 7.11 Å². The van der Waals surface area contributed by atoms with Gasteiger partial charge in [-0.05, 0) is 18.2 Å². The molecule has 0 spiro atoms. The van der Waals surface area contributed by atoms with Crippen molar-refractivity contribution in [2.45, 2.75) is 6.04 Å². The van der Waals surface area contributed by atoms with Crippen molar-refractivity contribution in [3.8, 4) is 0 Å². The SMILES string of the molecule is COC1=C([NH2+]O)C2=CC(C=C1)N(C)C=C2. The Bertz CT molecular complexity index is 380. The van der Waals surface area contributed by atoms with E-state index >= 15 is 0 Å². The molecule has 1 aliphatic heterocycles. The lowest BCUT2D eigenvalue weighted by atomic mass is 10.1. The average Bonchev–Trinajstić information content (AvgIpc) is 2.40. The van der Waals surface area contributed by atoms with Crippen LogP contribution in [0.25, 0.3) is 0 Å². The Kier molecular flexibility index (Phi) is 2.62. The van der Waals surface area contributed by atoms with Crippen molar-refractivity contribution < 1.29 is 15.4 Å². The molecule has 0 aromatic heterocycles. The summed E-state index contributed by atoms with van der Waals surface area (Å²) in [5.41, 5.74) is 2.80. The van der Waals surface area contributed by atoms with Crippen LogP contribution < -0.4 is 5.48 Å². The van der Waals surface area contributed by atoms with Gasteiger partial charge in [0.1, 0.15) is 0 Å². The maximum atomic E-state index is 9.21. The lowest BCUT2D eigenvalue weighted by Gasteiger charge is -2.24. The van der Waals surface area contributed by atoms with Crippen molar-refractivity contribution in [3.05, 3.63) is 47.5 Å². The molecule has 3 N–H and O–H groups in total. The van der Waals surface area contributed by atoms with Gasteiger partial charge in [-0.25, -0.2) is 5.21 Å². The van der Waals surface area contributed by atoms with Gasteiger partial charge in [-0.3, -0.25) is 0 Å². The smallest absolute Gasteiger partial charge is 0.211 e. The molecule has 0 fully saturated rings. The van der Waals surface area contributed by atoms with Crippen LogP contribution in [0.2, 0.25) is 0 Å². The normalized spacial score (nSPS) is 24.1. The summed E-state index contributed by atoms with van der Waals surface area (Å²) in [7, 11) is 3.62. The Hall–Kier alpha value is -1.52. The summed E-state index contributed by atoms with van der Waals surface area (Å²) in [5, 5.41) is 9.21. The first-order valence-electron chi connectivity index (χ1n) is 4.82. The fourth-order valence-electron chi connectivity index (χ4n) is 1.76. The minimum absolute atomic E-state index is 0.229. The van der Waals surface area contributed by atoms with Gasteiger partial charge < -0.3 is 9.64 Å². The van der Waals surface area contributed by atoms with E-state index in [1.165, 1.54) is 0 Å². The van der Waals surface area contributed by atoms with Gasteiger partial charge in [0.2, 0.25) is 5.70 Å². The molecule has 0 saturated heterocycles. The molecule has 2 bridgehead atoms. The average molecular weight is 207 g/mol.